The molecule has 0 aromatic heterocycles. The van der Waals surface area contributed by atoms with E-state index in [1.165, 1.54) is 23.9 Å². The van der Waals surface area contributed by atoms with Crippen LogP contribution in [0.25, 0.3) is 0 Å². The van der Waals surface area contributed by atoms with Gasteiger partial charge in [0.2, 0.25) is 0 Å². The quantitative estimate of drug-likeness (QED) is 0.481. The van der Waals surface area contributed by atoms with Crippen molar-refractivity contribution in [2.75, 3.05) is 7.11 Å². The van der Waals surface area contributed by atoms with Crippen LogP contribution in [0.5, 0.6) is 0 Å². The van der Waals surface area contributed by atoms with Crippen LogP contribution >= 0.6 is 0 Å². The Morgan fingerprint density at radius 1 is 1.30 bits per heavy atom. The van der Waals surface area contributed by atoms with Gasteiger partial charge in [0.15, 0.2) is 0 Å². The number of ether oxygens (including phenoxy) is 1. The van der Waals surface area contributed by atoms with Gasteiger partial charge in [-0.15, -0.1) is 0 Å². The van der Waals surface area contributed by atoms with E-state index in [0.29, 0.717) is 0 Å². The van der Waals surface area contributed by atoms with Crippen LogP contribution in [0.2, 0.25) is 19.1 Å². The molecule has 1 aliphatic carbocycles. The zero-order valence-electron chi connectivity index (χ0n) is 12.7. The predicted molar refractivity (Wildman–Crippen MR) is 85.8 cm³/mol. The molecular weight excluding hydrogens is 264 g/mol. The Labute approximate surface area is 122 Å². The van der Waals surface area contributed by atoms with Crippen molar-refractivity contribution in [1.29, 1.82) is 0 Å². The Balaban J connectivity index is 2.01. The van der Waals surface area contributed by atoms with Gasteiger partial charge in [0.25, 0.3) is 0 Å². The molecule has 0 saturated carbocycles. The summed E-state index contributed by atoms with van der Waals surface area (Å²) in [7, 11) is 0.0704. The number of carbonyl (C=O) groups excluding carboxylic acids is 1. The van der Waals surface area contributed by atoms with Gasteiger partial charge < -0.3 is 4.74 Å². The molecule has 0 radical (unpaired) electrons. The standard InChI is InChI=1S/C17H24O2Si/c1-19-17(18)15-11-9-14(10-12-15)13-20(2,3)16-7-5-4-6-8-16/h4-9,15H,10-13H2,1-3H3. The number of carbonyl (C=O) groups is 1. The average molecular weight is 288 g/mol. The number of esters is 1. The summed E-state index contributed by atoms with van der Waals surface area (Å²) in [5, 5.41) is 1.51. The Bertz CT molecular complexity index is 491. The highest BCUT2D eigenvalue weighted by Crippen LogP contribution is 2.29. The molecule has 3 heteroatoms. The minimum absolute atomic E-state index is 0.0557. The van der Waals surface area contributed by atoms with Crippen molar-refractivity contribution in [3.8, 4) is 0 Å². The summed E-state index contributed by atoms with van der Waals surface area (Å²) in [4.78, 5) is 11.5. The average Bonchev–Trinajstić information content (AvgIpc) is 2.48. The predicted octanol–water partition coefficient (Wildman–Crippen LogP) is 3.50. The summed E-state index contributed by atoms with van der Waals surface area (Å²) in [6.45, 7) is 4.85. The summed E-state index contributed by atoms with van der Waals surface area (Å²) in [6, 6.07) is 12.1. The van der Waals surface area contributed by atoms with Crippen molar-refractivity contribution in [3.05, 3.63) is 42.0 Å². The van der Waals surface area contributed by atoms with E-state index in [4.69, 9.17) is 4.74 Å². The molecule has 0 fully saturated rings. The van der Waals surface area contributed by atoms with E-state index in [9.17, 15) is 4.79 Å². The van der Waals surface area contributed by atoms with Crippen LogP contribution < -0.4 is 5.19 Å². The van der Waals surface area contributed by atoms with Crippen molar-refractivity contribution >= 4 is 19.2 Å². The lowest BCUT2D eigenvalue weighted by Gasteiger charge is -2.27. The van der Waals surface area contributed by atoms with Gasteiger partial charge >= 0.3 is 5.97 Å². The molecule has 1 atom stereocenters. The molecule has 2 nitrogen and oxygen atoms in total. The second kappa shape index (κ2) is 6.40. The van der Waals surface area contributed by atoms with Crippen LogP contribution in [-0.2, 0) is 9.53 Å². The van der Waals surface area contributed by atoms with Crippen LogP contribution in [0.1, 0.15) is 19.3 Å². The maximum atomic E-state index is 11.5. The van der Waals surface area contributed by atoms with Crippen molar-refractivity contribution in [1.82, 2.24) is 0 Å². The van der Waals surface area contributed by atoms with Gasteiger partial charge in [-0.25, -0.2) is 0 Å². The summed E-state index contributed by atoms with van der Waals surface area (Å²) >= 11 is 0. The monoisotopic (exact) mass is 288 g/mol. The number of allylic oxidation sites excluding steroid dienone is 2. The van der Waals surface area contributed by atoms with E-state index in [2.05, 4.69) is 49.5 Å². The van der Waals surface area contributed by atoms with E-state index >= 15 is 0 Å². The van der Waals surface area contributed by atoms with E-state index in [1.54, 1.807) is 0 Å². The van der Waals surface area contributed by atoms with E-state index in [1.807, 2.05) is 0 Å². The fraction of sp³-hybridized carbons (Fsp3) is 0.471. The molecule has 1 aliphatic rings. The number of hydrogen-bond acceptors (Lipinski definition) is 2. The van der Waals surface area contributed by atoms with Crippen molar-refractivity contribution in [3.63, 3.8) is 0 Å². The van der Waals surface area contributed by atoms with Crippen molar-refractivity contribution < 1.29 is 9.53 Å². The second-order valence-electron chi connectivity index (χ2n) is 6.28. The Hall–Kier alpha value is -1.35. The van der Waals surface area contributed by atoms with Crippen molar-refractivity contribution in [2.45, 2.75) is 38.4 Å². The molecular formula is C17H24O2Si. The minimum atomic E-state index is -1.41. The number of rotatable bonds is 4. The smallest absolute Gasteiger partial charge is 0.308 e. The molecule has 0 saturated heterocycles. The SMILES string of the molecule is COC(=O)C1CC=C(C[Si](C)(C)c2ccccc2)CC1. The van der Waals surface area contributed by atoms with E-state index in [-0.39, 0.29) is 11.9 Å². The van der Waals surface area contributed by atoms with Gasteiger partial charge in [0.05, 0.1) is 21.1 Å². The zero-order chi connectivity index (χ0) is 14.6. The van der Waals surface area contributed by atoms with E-state index < -0.39 is 8.07 Å². The molecule has 0 N–H and O–H groups in total. The molecule has 0 bridgehead atoms. The highest BCUT2D eigenvalue weighted by molar-refractivity contribution is 6.90. The highest BCUT2D eigenvalue weighted by Gasteiger charge is 2.28. The van der Waals surface area contributed by atoms with Crippen LogP contribution in [-0.4, -0.2) is 21.2 Å². The highest BCUT2D eigenvalue weighted by atomic mass is 28.3. The summed E-state index contributed by atoms with van der Waals surface area (Å²) in [5.41, 5.74) is 1.53. The minimum Gasteiger partial charge on any atom is -0.469 e. The van der Waals surface area contributed by atoms with Crippen LogP contribution in [0, 0.1) is 5.92 Å². The first-order chi connectivity index (χ1) is 9.53. The lowest BCUT2D eigenvalue weighted by atomic mass is 9.90. The molecule has 1 aromatic carbocycles. The third-order valence-electron chi connectivity index (χ3n) is 4.26. The Morgan fingerprint density at radius 3 is 2.55 bits per heavy atom. The molecule has 0 spiro atoms. The maximum Gasteiger partial charge on any atom is 0.308 e. The zero-order valence-corrected chi connectivity index (χ0v) is 13.7. The van der Waals surface area contributed by atoms with E-state index in [0.717, 1.165) is 19.3 Å². The molecule has 1 aromatic rings. The number of benzene rings is 1. The summed E-state index contributed by atoms with van der Waals surface area (Å²) < 4.78 is 4.84. The van der Waals surface area contributed by atoms with Crippen LogP contribution in [0.15, 0.2) is 42.0 Å². The lowest BCUT2D eigenvalue weighted by molar-refractivity contribution is -0.145. The Kier molecular flexibility index (Phi) is 4.81. The number of methoxy groups -OCH3 is 1. The first kappa shape index (κ1) is 15.0. The second-order valence-corrected chi connectivity index (χ2v) is 11.0. The largest absolute Gasteiger partial charge is 0.469 e. The Morgan fingerprint density at radius 2 is 2.00 bits per heavy atom. The third-order valence-corrected chi connectivity index (χ3v) is 7.50. The fourth-order valence-corrected chi connectivity index (χ4v) is 5.74. The molecule has 108 valence electrons. The van der Waals surface area contributed by atoms with Crippen LogP contribution in [0.3, 0.4) is 0 Å². The first-order valence-corrected chi connectivity index (χ1v) is 10.5. The summed E-state index contributed by atoms with van der Waals surface area (Å²) in [6.07, 6.45) is 5.12. The van der Waals surface area contributed by atoms with Crippen molar-refractivity contribution in [2.24, 2.45) is 5.92 Å². The lowest BCUT2D eigenvalue weighted by Crippen LogP contribution is -2.41. The topological polar surface area (TPSA) is 26.3 Å². The van der Waals surface area contributed by atoms with Gasteiger partial charge in [0.1, 0.15) is 0 Å². The fourth-order valence-electron chi connectivity index (χ4n) is 2.99. The third kappa shape index (κ3) is 3.60. The summed E-state index contributed by atoms with van der Waals surface area (Å²) in [5.74, 6) is 0.0186. The van der Waals surface area contributed by atoms with Gasteiger partial charge in [-0.3, -0.25) is 4.79 Å². The molecule has 2 rings (SSSR count). The van der Waals surface area contributed by atoms with Gasteiger partial charge in [-0.1, -0.05) is 60.3 Å². The molecule has 0 aliphatic heterocycles. The molecule has 0 heterocycles. The number of hydrogen-bond donors (Lipinski definition) is 0. The van der Waals surface area contributed by atoms with Gasteiger partial charge in [-0.2, -0.15) is 0 Å². The molecule has 1 unspecified atom stereocenters. The normalized spacial score (nSPS) is 19.4. The molecule has 0 amide bonds. The van der Waals surface area contributed by atoms with Gasteiger partial charge in [-0.05, 0) is 25.3 Å². The van der Waals surface area contributed by atoms with Crippen LogP contribution in [0.4, 0.5) is 0 Å². The maximum absolute atomic E-state index is 11.5. The molecule has 20 heavy (non-hydrogen) atoms. The first-order valence-electron chi connectivity index (χ1n) is 7.34. The van der Waals surface area contributed by atoms with Gasteiger partial charge in [0, 0.05) is 0 Å².